The molecule has 7 heteroatoms. The molecule has 0 aliphatic heterocycles. The Balaban J connectivity index is 2.06. The van der Waals surface area contributed by atoms with Crippen molar-refractivity contribution in [2.75, 3.05) is 0 Å². The molecule has 0 aliphatic carbocycles. The zero-order chi connectivity index (χ0) is 14.8. The highest BCUT2D eigenvalue weighted by Crippen LogP contribution is 2.20. The Bertz CT molecular complexity index is 608. The lowest BCUT2D eigenvalue weighted by atomic mass is 10.1. The second-order valence-corrected chi connectivity index (χ2v) is 5.23. The summed E-state index contributed by atoms with van der Waals surface area (Å²) in [6.07, 6.45) is 0. The molecule has 2 rings (SSSR count). The first kappa shape index (κ1) is 14.5. The van der Waals surface area contributed by atoms with Gasteiger partial charge in [0.25, 0.3) is 0 Å². The van der Waals surface area contributed by atoms with Gasteiger partial charge in [0.05, 0.1) is 6.54 Å². The average molecular weight is 296 g/mol. The highest BCUT2D eigenvalue weighted by atomic mass is 35.5. The molecular formula is C13H14ClN3O3. The van der Waals surface area contributed by atoms with Crippen LogP contribution in [0.3, 0.4) is 0 Å². The van der Waals surface area contributed by atoms with Gasteiger partial charge in [0.15, 0.2) is 0 Å². The van der Waals surface area contributed by atoms with E-state index in [4.69, 9.17) is 21.1 Å². The Morgan fingerprint density at radius 2 is 2.00 bits per heavy atom. The lowest BCUT2D eigenvalue weighted by Gasteiger charge is -2.19. The van der Waals surface area contributed by atoms with Crippen LogP contribution in [0.4, 0.5) is 0 Å². The second kappa shape index (κ2) is 5.60. The number of carboxylic acids is 1. The molecule has 2 aromatic rings. The van der Waals surface area contributed by atoms with Crippen molar-refractivity contribution >= 4 is 17.6 Å². The maximum absolute atomic E-state index is 11.0. The number of nitrogens with one attached hydrogen (secondary N) is 1. The molecule has 0 saturated heterocycles. The molecule has 1 aromatic carbocycles. The van der Waals surface area contributed by atoms with Crippen molar-refractivity contribution in [2.24, 2.45) is 0 Å². The van der Waals surface area contributed by atoms with Gasteiger partial charge in [-0.15, -0.1) is 10.2 Å². The molecule has 0 spiro atoms. The van der Waals surface area contributed by atoms with Crippen LogP contribution in [0.2, 0.25) is 5.02 Å². The van der Waals surface area contributed by atoms with E-state index in [9.17, 15) is 4.79 Å². The largest absolute Gasteiger partial charge is 0.480 e. The summed E-state index contributed by atoms with van der Waals surface area (Å²) in [5, 5.41) is 20.2. The fraction of sp³-hybridized carbons (Fsp3) is 0.308. The molecule has 0 unspecified atom stereocenters. The summed E-state index contributed by atoms with van der Waals surface area (Å²) >= 11 is 5.80. The minimum atomic E-state index is -1.06. The molecule has 106 valence electrons. The van der Waals surface area contributed by atoms with Gasteiger partial charge in [-0.25, -0.2) is 0 Å². The van der Waals surface area contributed by atoms with Gasteiger partial charge in [-0.05, 0) is 38.1 Å². The first-order valence-electron chi connectivity index (χ1n) is 5.95. The normalized spacial score (nSPS) is 11.6. The summed E-state index contributed by atoms with van der Waals surface area (Å²) < 4.78 is 5.46. The Hall–Kier alpha value is -1.92. The molecule has 1 heterocycles. The van der Waals surface area contributed by atoms with Crippen LogP contribution in [0.15, 0.2) is 28.7 Å². The van der Waals surface area contributed by atoms with Gasteiger partial charge in [0.1, 0.15) is 5.54 Å². The van der Waals surface area contributed by atoms with E-state index < -0.39 is 11.5 Å². The molecule has 0 atom stereocenters. The van der Waals surface area contributed by atoms with E-state index in [-0.39, 0.29) is 6.54 Å². The van der Waals surface area contributed by atoms with Gasteiger partial charge in [-0.1, -0.05) is 11.6 Å². The monoisotopic (exact) mass is 295 g/mol. The van der Waals surface area contributed by atoms with Crippen LogP contribution in [0.1, 0.15) is 19.7 Å². The number of aromatic nitrogens is 2. The van der Waals surface area contributed by atoms with Crippen molar-refractivity contribution in [3.8, 4) is 11.5 Å². The van der Waals surface area contributed by atoms with Crippen molar-refractivity contribution in [3.63, 3.8) is 0 Å². The molecule has 0 amide bonds. The highest BCUT2D eigenvalue weighted by Gasteiger charge is 2.26. The minimum absolute atomic E-state index is 0.180. The third kappa shape index (κ3) is 3.34. The number of nitrogens with zero attached hydrogens (tertiary/aromatic N) is 2. The van der Waals surface area contributed by atoms with Crippen molar-refractivity contribution < 1.29 is 14.3 Å². The number of carboxylic acid groups (broad SMARTS) is 1. The van der Waals surface area contributed by atoms with Crippen LogP contribution in [0.5, 0.6) is 0 Å². The molecule has 0 fully saturated rings. The average Bonchev–Trinajstić information content (AvgIpc) is 2.86. The van der Waals surface area contributed by atoms with E-state index in [0.29, 0.717) is 16.8 Å². The summed E-state index contributed by atoms with van der Waals surface area (Å²) in [7, 11) is 0. The molecule has 0 saturated carbocycles. The summed E-state index contributed by atoms with van der Waals surface area (Å²) in [4.78, 5) is 11.0. The van der Waals surface area contributed by atoms with Gasteiger partial charge >= 0.3 is 5.97 Å². The second-order valence-electron chi connectivity index (χ2n) is 4.79. The lowest BCUT2D eigenvalue weighted by Crippen LogP contribution is -2.46. The predicted molar refractivity (Wildman–Crippen MR) is 73.3 cm³/mol. The van der Waals surface area contributed by atoms with Crippen LogP contribution in [-0.2, 0) is 11.3 Å². The fourth-order valence-corrected chi connectivity index (χ4v) is 1.53. The first-order chi connectivity index (χ1) is 9.38. The van der Waals surface area contributed by atoms with Crippen LogP contribution in [0, 0.1) is 0 Å². The third-order valence-corrected chi connectivity index (χ3v) is 3.03. The first-order valence-corrected chi connectivity index (χ1v) is 6.33. The van der Waals surface area contributed by atoms with Crippen LogP contribution in [0.25, 0.3) is 11.5 Å². The quantitative estimate of drug-likeness (QED) is 0.880. The Morgan fingerprint density at radius 1 is 1.35 bits per heavy atom. The maximum atomic E-state index is 11.0. The van der Waals surface area contributed by atoms with Gasteiger partial charge in [-0.2, -0.15) is 0 Å². The van der Waals surface area contributed by atoms with Gasteiger partial charge < -0.3 is 9.52 Å². The molecule has 20 heavy (non-hydrogen) atoms. The van der Waals surface area contributed by atoms with Crippen LogP contribution >= 0.6 is 11.6 Å². The molecule has 1 aromatic heterocycles. The molecular weight excluding hydrogens is 282 g/mol. The molecule has 0 bridgehead atoms. The topological polar surface area (TPSA) is 88.3 Å². The van der Waals surface area contributed by atoms with Gasteiger partial charge in [-0.3, -0.25) is 10.1 Å². The minimum Gasteiger partial charge on any atom is -0.480 e. The highest BCUT2D eigenvalue weighted by molar-refractivity contribution is 6.30. The number of carbonyl (C=O) groups is 1. The zero-order valence-electron chi connectivity index (χ0n) is 11.1. The van der Waals surface area contributed by atoms with E-state index >= 15 is 0 Å². The lowest BCUT2D eigenvalue weighted by molar-refractivity contribution is -0.143. The summed E-state index contributed by atoms with van der Waals surface area (Å²) in [6, 6.07) is 7.00. The van der Waals surface area contributed by atoms with Crippen molar-refractivity contribution in [3.05, 3.63) is 35.2 Å². The summed E-state index contributed by atoms with van der Waals surface area (Å²) in [6.45, 7) is 3.30. The van der Waals surface area contributed by atoms with Crippen LogP contribution in [-0.4, -0.2) is 26.8 Å². The summed E-state index contributed by atoms with van der Waals surface area (Å²) in [5.74, 6) is -0.259. The van der Waals surface area contributed by atoms with Gasteiger partial charge in [0.2, 0.25) is 11.8 Å². The number of hydrogen-bond acceptors (Lipinski definition) is 5. The number of halogens is 1. The van der Waals surface area contributed by atoms with E-state index in [1.165, 1.54) is 0 Å². The Labute approximate surface area is 120 Å². The Morgan fingerprint density at radius 3 is 2.60 bits per heavy atom. The third-order valence-electron chi connectivity index (χ3n) is 2.77. The molecule has 2 N–H and O–H groups in total. The molecule has 0 aliphatic rings. The maximum Gasteiger partial charge on any atom is 0.323 e. The Kier molecular flexibility index (Phi) is 4.06. The van der Waals surface area contributed by atoms with E-state index in [1.807, 2.05) is 0 Å². The van der Waals surface area contributed by atoms with Gasteiger partial charge in [0, 0.05) is 10.6 Å². The predicted octanol–water partition coefficient (Wildman–Crippen LogP) is 2.34. The summed E-state index contributed by atoms with van der Waals surface area (Å²) in [5.41, 5.74) is -0.305. The number of aliphatic carboxylic acids is 1. The number of benzene rings is 1. The number of rotatable bonds is 5. The van der Waals surface area contributed by atoms with Crippen LogP contribution < -0.4 is 5.32 Å². The van der Waals surface area contributed by atoms with E-state index in [2.05, 4.69) is 15.5 Å². The van der Waals surface area contributed by atoms with E-state index in [1.54, 1.807) is 38.1 Å². The number of hydrogen-bond donors (Lipinski definition) is 2. The fourth-order valence-electron chi connectivity index (χ4n) is 1.41. The van der Waals surface area contributed by atoms with Crippen molar-refractivity contribution in [2.45, 2.75) is 25.9 Å². The molecule has 0 radical (unpaired) electrons. The SMILES string of the molecule is CC(C)(NCc1nnc(-c2ccc(Cl)cc2)o1)C(=O)O. The molecule has 6 nitrogen and oxygen atoms in total. The van der Waals surface area contributed by atoms with Crippen molar-refractivity contribution in [1.29, 1.82) is 0 Å². The standard InChI is InChI=1S/C13H14ClN3O3/c1-13(2,12(18)19)15-7-10-16-17-11(20-10)8-3-5-9(14)6-4-8/h3-6,15H,7H2,1-2H3,(H,18,19). The smallest absolute Gasteiger partial charge is 0.323 e. The van der Waals surface area contributed by atoms with Crippen molar-refractivity contribution in [1.82, 2.24) is 15.5 Å². The van der Waals surface area contributed by atoms with E-state index in [0.717, 1.165) is 5.56 Å². The zero-order valence-corrected chi connectivity index (χ0v) is 11.8.